The number of halogens is 4. The molecule has 2 nitrogen and oxygen atoms in total. The van der Waals surface area contributed by atoms with E-state index in [1.807, 2.05) is 37.4 Å². The highest BCUT2D eigenvalue weighted by Crippen LogP contribution is 2.32. The minimum absolute atomic E-state index is 0.336. The van der Waals surface area contributed by atoms with Crippen molar-refractivity contribution in [3.63, 3.8) is 0 Å². The molecule has 0 aliphatic heterocycles. The van der Waals surface area contributed by atoms with E-state index in [4.69, 9.17) is 4.74 Å². The molecule has 0 heterocycles. The largest absolute Gasteiger partial charge is 0.486 e. The third kappa shape index (κ3) is 6.32. The normalized spacial score (nSPS) is 12.7. The maximum Gasteiger partial charge on any atom is 0.416 e. The minimum atomic E-state index is -4.39. The van der Waals surface area contributed by atoms with E-state index in [1.54, 1.807) is 12.1 Å². The molecular formula is C24H23F4NO. The molecule has 0 aliphatic rings. The van der Waals surface area contributed by atoms with Crippen LogP contribution in [-0.2, 0) is 12.7 Å². The summed E-state index contributed by atoms with van der Waals surface area (Å²) in [4.78, 5) is 2.14. The Morgan fingerprint density at radius 3 is 2.10 bits per heavy atom. The summed E-state index contributed by atoms with van der Waals surface area (Å²) >= 11 is 0. The molecule has 0 spiro atoms. The second-order valence-corrected chi connectivity index (χ2v) is 7.19. The molecule has 0 radical (unpaired) electrons. The van der Waals surface area contributed by atoms with Crippen molar-refractivity contribution in [1.29, 1.82) is 0 Å². The average molecular weight is 417 g/mol. The van der Waals surface area contributed by atoms with Gasteiger partial charge in [-0.2, -0.15) is 13.2 Å². The fourth-order valence-corrected chi connectivity index (χ4v) is 3.17. The van der Waals surface area contributed by atoms with Crippen molar-refractivity contribution in [2.75, 3.05) is 13.6 Å². The van der Waals surface area contributed by atoms with Crippen molar-refractivity contribution in [3.8, 4) is 5.75 Å². The monoisotopic (exact) mass is 417 g/mol. The van der Waals surface area contributed by atoms with Gasteiger partial charge in [0.25, 0.3) is 0 Å². The van der Waals surface area contributed by atoms with Gasteiger partial charge < -0.3 is 9.64 Å². The molecule has 0 unspecified atom stereocenters. The van der Waals surface area contributed by atoms with Crippen LogP contribution in [0.4, 0.5) is 17.6 Å². The second-order valence-electron chi connectivity index (χ2n) is 7.19. The Hall–Kier alpha value is -2.86. The van der Waals surface area contributed by atoms with E-state index in [-0.39, 0.29) is 5.82 Å². The molecule has 0 N–H and O–H groups in total. The molecule has 0 fully saturated rings. The molecule has 0 aliphatic carbocycles. The summed E-state index contributed by atoms with van der Waals surface area (Å²) in [5, 5.41) is 0. The van der Waals surface area contributed by atoms with Gasteiger partial charge in [0.05, 0.1) is 5.56 Å². The Kier molecular flexibility index (Phi) is 7.11. The second kappa shape index (κ2) is 9.76. The zero-order valence-electron chi connectivity index (χ0n) is 16.6. The van der Waals surface area contributed by atoms with Crippen LogP contribution in [0.15, 0.2) is 78.9 Å². The number of rotatable bonds is 8. The fourth-order valence-electron chi connectivity index (χ4n) is 3.17. The van der Waals surface area contributed by atoms with E-state index in [2.05, 4.69) is 4.90 Å². The van der Waals surface area contributed by atoms with Crippen LogP contribution in [0.25, 0.3) is 0 Å². The number of benzene rings is 3. The highest BCUT2D eigenvalue weighted by Gasteiger charge is 2.30. The highest BCUT2D eigenvalue weighted by atomic mass is 19.4. The average Bonchev–Trinajstić information content (AvgIpc) is 2.72. The van der Waals surface area contributed by atoms with E-state index >= 15 is 0 Å². The lowest BCUT2D eigenvalue weighted by atomic mass is 10.1. The summed E-state index contributed by atoms with van der Waals surface area (Å²) < 4.78 is 57.7. The number of nitrogens with zero attached hydrogens (tertiary/aromatic N) is 1. The third-order valence-corrected chi connectivity index (χ3v) is 4.77. The first-order valence-corrected chi connectivity index (χ1v) is 9.63. The lowest BCUT2D eigenvalue weighted by molar-refractivity contribution is -0.137. The summed E-state index contributed by atoms with van der Waals surface area (Å²) in [6, 6.07) is 20.6. The van der Waals surface area contributed by atoms with E-state index in [1.165, 1.54) is 29.8 Å². The van der Waals surface area contributed by atoms with Crippen molar-refractivity contribution in [2.24, 2.45) is 0 Å². The summed E-state index contributed by atoms with van der Waals surface area (Å²) in [6.45, 7) is 1.45. The molecule has 0 saturated heterocycles. The van der Waals surface area contributed by atoms with Gasteiger partial charge in [-0.05, 0) is 54.6 Å². The molecule has 0 amide bonds. The first-order chi connectivity index (χ1) is 14.3. The topological polar surface area (TPSA) is 12.5 Å². The summed E-state index contributed by atoms with van der Waals surface area (Å²) in [6.07, 6.45) is -4.22. The molecule has 0 bridgehead atoms. The van der Waals surface area contributed by atoms with Crippen LogP contribution in [0, 0.1) is 5.82 Å². The number of hydrogen-bond donors (Lipinski definition) is 0. The quantitative estimate of drug-likeness (QED) is 0.389. The standard InChI is InChI=1S/C24H23F4NO/c1-29(17-18-5-3-2-4-6-18)16-15-23(19-7-11-21(25)12-8-19)30-22-13-9-20(10-14-22)24(26,27)28/h2-14,23H,15-17H2,1H3/t23-/m1/s1. The van der Waals surface area contributed by atoms with Crippen molar-refractivity contribution in [1.82, 2.24) is 4.90 Å². The zero-order valence-corrected chi connectivity index (χ0v) is 16.6. The molecular weight excluding hydrogens is 394 g/mol. The van der Waals surface area contributed by atoms with Gasteiger partial charge in [0.15, 0.2) is 0 Å². The smallest absolute Gasteiger partial charge is 0.416 e. The SMILES string of the molecule is CN(CC[C@@H](Oc1ccc(C(F)(F)F)cc1)c1ccc(F)cc1)Cc1ccccc1. The first-order valence-electron chi connectivity index (χ1n) is 9.63. The minimum Gasteiger partial charge on any atom is -0.486 e. The Labute approximate surface area is 173 Å². The van der Waals surface area contributed by atoms with Crippen LogP contribution >= 0.6 is 0 Å². The van der Waals surface area contributed by atoms with Crippen LogP contribution in [0.1, 0.15) is 29.2 Å². The molecule has 1 atom stereocenters. The molecule has 3 aromatic carbocycles. The molecule has 30 heavy (non-hydrogen) atoms. The van der Waals surface area contributed by atoms with Crippen LogP contribution in [0.2, 0.25) is 0 Å². The lowest BCUT2D eigenvalue weighted by Gasteiger charge is -2.23. The van der Waals surface area contributed by atoms with Crippen LogP contribution in [0.3, 0.4) is 0 Å². The van der Waals surface area contributed by atoms with Crippen molar-refractivity contribution >= 4 is 0 Å². The number of hydrogen-bond acceptors (Lipinski definition) is 2. The highest BCUT2D eigenvalue weighted by molar-refractivity contribution is 5.30. The van der Waals surface area contributed by atoms with Gasteiger partial charge in [0.2, 0.25) is 0 Å². The zero-order chi connectivity index (χ0) is 21.6. The summed E-state index contributed by atoms with van der Waals surface area (Å²) in [7, 11) is 1.99. The Bertz CT molecular complexity index is 909. The summed E-state index contributed by atoms with van der Waals surface area (Å²) in [5.41, 5.74) is 1.22. The van der Waals surface area contributed by atoms with E-state index in [0.29, 0.717) is 18.7 Å². The first kappa shape index (κ1) is 21.8. The van der Waals surface area contributed by atoms with E-state index in [9.17, 15) is 17.6 Å². The maximum absolute atomic E-state index is 13.3. The van der Waals surface area contributed by atoms with Gasteiger partial charge in [-0.25, -0.2) is 4.39 Å². The Balaban J connectivity index is 1.69. The Morgan fingerprint density at radius 1 is 0.867 bits per heavy atom. The molecule has 3 aromatic rings. The van der Waals surface area contributed by atoms with Gasteiger partial charge in [0, 0.05) is 19.5 Å². The molecule has 158 valence electrons. The van der Waals surface area contributed by atoms with E-state index < -0.39 is 17.8 Å². The van der Waals surface area contributed by atoms with Gasteiger partial charge in [-0.15, -0.1) is 0 Å². The molecule has 0 aromatic heterocycles. The van der Waals surface area contributed by atoms with Crippen molar-refractivity contribution in [2.45, 2.75) is 25.2 Å². The lowest BCUT2D eigenvalue weighted by Crippen LogP contribution is -2.22. The van der Waals surface area contributed by atoms with Gasteiger partial charge in [-0.3, -0.25) is 0 Å². The number of ether oxygens (including phenoxy) is 1. The van der Waals surface area contributed by atoms with Gasteiger partial charge >= 0.3 is 6.18 Å². The van der Waals surface area contributed by atoms with Crippen LogP contribution < -0.4 is 4.74 Å². The van der Waals surface area contributed by atoms with Crippen LogP contribution in [-0.4, -0.2) is 18.5 Å². The van der Waals surface area contributed by atoms with Crippen molar-refractivity contribution < 1.29 is 22.3 Å². The van der Waals surface area contributed by atoms with Crippen LogP contribution in [0.5, 0.6) is 5.75 Å². The van der Waals surface area contributed by atoms with Gasteiger partial charge in [-0.1, -0.05) is 42.5 Å². The Morgan fingerprint density at radius 2 is 1.50 bits per heavy atom. The van der Waals surface area contributed by atoms with E-state index in [0.717, 1.165) is 24.2 Å². The number of alkyl halides is 3. The van der Waals surface area contributed by atoms with Gasteiger partial charge in [0.1, 0.15) is 17.7 Å². The predicted octanol–water partition coefficient (Wildman–Crippen LogP) is 6.49. The predicted molar refractivity (Wildman–Crippen MR) is 109 cm³/mol. The third-order valence-electron chi connectivity index (χ3n) is 4.77. The maximum atomic E-state index is 13.3. The van der Waals surface area contributed by atoms with Crippen molar-refractivity contribution in [3.05, 3.63) is 101 Å². The molecule has 6 heteroatoms. The molecule has 0 saturated carbocycles. The summed E-state index contributed by atoms with van der Waals surface area (Å²) in [5.74, 6) is -0.0173. The molecule has 3 rings (SSSR count). The fraction of sp³-hybridized carbons (Fsp3) is 0.250.